The van der Waals surface area contributed by atoms with Crippen LogP contribution in [0, 0.1) is 5.92 Å². The minimum Gasteiger partial charge on any atom is -0.481 e. The van der Waals surface area contributed by atoms with Crippen LogP contribution >= 0.6 is 0 Å². The lowest BCUT2D eigenvalue weighted by molar-refractivity contribution is -0.142. The van der Waals surface area contributed by atoms with Crippen LogP contribution in [0.1, 0.15) is 32.1 Å². The molecule has 0 aromatic carbocycles. The first-order chi connectivity index (χ1) is 6.22. The van der Waals surface area contributed by atoms with E-state index in [1.807, 2.05) is 0 Å². The Morgan fingerprint density at radius 2 is 1.77 bits per heavy atom. The molecule has 0 bridgehead atoms. The molecule has 1 aliphatic rings. The van der Waals surface area contributed by atoms with E-state index in [2.05, 4.69) is 0 Å². The summed E-state index contributed by atoms with van der Waals surface area (Å²) in [4.78, 5) is 10.4. The number of hydrogen-bond acceptors (Lipinski definition) is 3. The molecule has 13 heavy (non-hydrogen) atoms. The van der Waals surface area contributed by atoms with E-state index in [0.29, 0.717) is 6.54 Å². The third-order valence-corrected chi connectivity index (χ3v) is 2.08. The minimum absolute atomic E-state index is 0.0289. The van der Waals surface area contributed by atoms with Gasteiger partial charge in [-0.2, -0.15) is 0 Å². The first-order valence-corrected chi connectivity index (χ1v) is 4.76. The summed E-state index contributed by atoms with van der Waals surface area (Å²) in [5.74, 6) is -0.631. The SMILES string of the molecule is NCCO.O=C(O)C1CCCCC1. The number of aliphatic hydroxyl groups is 1. The Balaban J connectivity index is 0.000000310. The fourth-order valence-corrected chi connectivity index (χ4v) is 1.35. The molecule has 4 heteroatoms. The Hall–Kier alpha value is -0.610. The number of carbonyl (C=O) groups is 1. The molecule has 0 amide bonds. The smallest absolute Gasteiger partial charge is 0.306 e. The zero-order valence-corrected chi connectivity index (χ0v) is 7.91. The summed E-state index contributed by atoms with van der Waals surface area (Å²) in [5, 5.41) is 16.3. The van der Waals surface area contributed by atoms with E-state index in [-0.39, 0.29) is 12.5 Å². The molecule has 0 radical (unpaired) electrons. The predicted octanol–water partition coefficient (Wildman–Crippen LogP) is 0.589. The molecule has 0 spiro atoms. The number of rotatable bonds is 2. The number of aliphatic carboxylic acids is 1. The second kappa shape index (κ2) is 8.01. The molecule has 1 fully saturated rings. The van der Waals surface area contributed by atoms with Crippen molar-refractivity contribution in [1.29, 1.82) is 0 Å². The van der Waals surface area contributed by atoms with Crippen LogP contribution in [0.2, 0.25) is 0 Å². The van der Waals surface area contributed by atoms with Crippen LogP contribution in [0.4, 0.5) is 0 Å². The fraction of sp³-hybridized carbons (Fsp3) is 0.889. The van der Waals surface area contributed by atoms with Gasteiger partial charge in [0.2, 0.25) is 0 Å². The summed E-state index contributed by atoms with van der Waals surface area (Å²) in [6, 6.07) is 0. The lowest BCUT2D eigenvalue weighted by atomic mass is 9.90. The Bertz CT molecular complexity index is 131. The third-order valence-electron chi connectivity index (χ3n) is 2.08. The summed E-state index contributed by atoms with van der Waals surface area (Å²) in [7, 11) is 0. The first kappa shape index (κ1) is 12.4. The standard InChI is InChI=1S/C7H12O2.C2H7NO/c8-7(9)6-4-2-1-3-5-6;3-1-2-4/h6H,1-5H2,(H,8,9);4H,1-3H2. The summed E-state index contributed by atoms with van der Waals surface area (Å²) >= 11 is 0. The van der Waals surface area contributed by atoms with Crippen molar-refractivity contribution in [3.8, 4) is 0 Å². The number of carboxylic acid groups (broad SMARTS) is 1. The molecule has 4 nitrogen and oxygen atoms in total. The molecule has 0 aliphatic heterocycles. The number of carboxylic acids is 1. The number of nitrogens with two attached hydrogens (primary N) is 1. The molecule has 1 saturated carbocycles. The topological polar surface area (TPSA) is 83.5 Å². The van der Waals surface area contributed by atoms with Crippen LogP contribution in [0.5, 0.6) is 0 Å². The molecular formula is C9H19NO3. The lowest BCUT2D eigenvalue weighted by Crippen LogP contribution is -2.16. The largest absolute Gasteiger partial charge is 0.481 e. The summed E-state index contributed by atoms with van der Waals surface area (Å²) in [5.41, 5.74) is 4.78. The highest BCUT2D eigenvalue weighted by atomic mass is 16.4. The zero-order valence-electron chi connectivity index (χ0n) is 7.91. The van der Waals surface area contributed by atoms with E-state index in [1.165, 1.54) is 6.42 Å². The van der Waals surface area contributed by atoms with Crippen molar-refractivity contribution in [2.24, 2.45) is 11.7 Å². The summed E-state index contributed by atoms with van der Waals surface area (Å²) in [6.45, 7) is 0.472. The molecule has 1 aliphatic carbocycles. The monoisotopic (exact) mass is 189 g/mol. The Morgan fingerprint density at radius 1 is 1.31 bits per heavy atom. The van der Waals surface area contributed by atoms with Gasteiger partial charge in [-0.15, -0.1) is 0 Å². The average Bonchev–Trinajstić information content (AvgIpc) is 2.19. The van der Waals surface area contributed by atoms with Gasteiger partial charge in [0.15, 0.2) is 0 Å². The van der Waals surface area contributed by atoms with Gasteiger partial charge in [0.05, 0.1) is 12.5 Å². The Morgan fingerprint density at radius 3 is 2.00 bits per heavy atom. The molecular weight excluding hydrogens is 170 g/mol. The maximum absolute atomic E-state index is 10.4. The van der Waals surface area contributed by atoms with E-state index < -0.39 is 5.97 Å². The summed E-state index contributed by atoms with van der Waals surface area (Å²) in [6.07, 6.45) is 5.24. The van der Waals surface area contributed by atoms with Gasteiger partial charge in [0.1, 0.15) is 0 Å². The maximum atomic E-state index is 10.4. The second-order valence-corrected chi connectivity index (χ2v) is 3.19. The molecule has 0 aromatic rings. The van der Waals surface area contributed by atoms with Crippen LogP contribution in [-0.2, 0) is 4.79 Å². The Labute approximate surface area is 78.7 Å². The molecule has 4 N–H and O–H groups in total. The van der Waals surface area contributed by atoms with Crippen LogP contribution in [-0.4, -0.2) is 29.3 Å². The van der Waals surface area contributed by atoms with Crippen molar-refractivity contribution in [2.45, 2.75) is 32.1 Å². The molecule has 1 rings (SSSR count). The Kier molecular flexibility index (Phi) is 7.63. The van der Waals surface area contributed by atoms with Gasteiger partial charge >= 0.3 is 5.97 Å². The van der Waals surface area contributed by atoms with E-state index in [0.717, 1.165) is 25.7 Å². The van der Waals surface area contributed by atoms with Gasteiger partial charge in [0.25, 0.3) is 0 Å². The highest BCUT2D eigenvalue weighted by molar-refractivity contribution is 5.69. The average molecular weight is 189 g/mol. The molecule has 0 saturated heterocycles. The van der Waals surface area contributed by atoms with E-state index in [1.54, 1.807) is 0 Å². The lowest BCUT2D eigenvalue weighted by Gasteiger charge is -2.16. The van der Waals surface area contributed by atoms with Crippen LogP contribution in [0.15, 0.2) is 0 Å². The van der Waals surface area contributed by atoms with Crippen molar-refractivity contribution in [2.75, 3.05) is 13.2 Å². The summed E-state index contributed by atoms with van der Waals surface area (Å²) < 4.78 is 0. The maximum Gasteiger partial charge on any atom is 0.306 e. The molecule has 0 unspecified atom stereocenters. The quantitative estimate of drug-likeness (QED) is 0.593. The van der Waals surface area contributed by atoms with Gasteiger partial charge in [-0.05, 0) is 12.8 Å². The van der Waals surface area contributed by atoms with Crippen LogP contribution in [0.25, 0.3) is 0 Å². The zero-order chi connectivity index (χ0) is 10.1. The third kappa shape index (κ3) is 6.54. The molecule has 0 heterocycles. The normalized spacial score (nSPS) is 17.4. The van der Waals surface area contributed by atoms with Crippen molar-refractivity contribution in [3.05, 3.63) is 0 Å². The van der Waals surface area contributed by atoms with E-state index >= 15 is 0 Å². The second-order valence-electron chi connectivity index (χ2n) is 3.19. The van der Waals surface area contributed by atoms with Crippen molar-refractivity contribution < 1.29 is 15.0 Å². The highest BCUT2D eigenvalue weighted by Crippen LogP contribution is 2.23. The van der Waals surface area contributed by atoms with E-state index in [9.17, 15) is 4.79 Å². The first-order valence-electron chi connectivity index (χ1n) is 4.76. The highest BCUT2D eigenvalue weighted by Gasteiger charge is 2.19. The van der Waals surface area contributed by atoms with Gasteiger partial charge in [-0.1, -0.05) is 19.3 Å². The van der Waals surface area contributed by atoms with Crippen molar-refractivity contribution in [3.63, 3.8) is 0 Å². The van der Waals surface area contributed by atoms with Crippen LogP contribution in [0.3, 0.4) is 0 Å². The van der Waals surface area contributed by atoms with Gasteiger partial charge in [-0.3, -0.25) is 4.79 Å². The van der Waals surface area contributed by atoms with Crippen molar-refractivity contribution >= 4 is 5.97 Å². The van der Waals surface area contributed by atoms with Gasteiger partial charge < -0.3 is 15.9 Å². The predicted molar refractivity (Wildman–Crippen MR) is 50.4 cm³/mol. The molecule has 0 atom stereocenters. The minimum atomic E-state index is -0.602. The molecule has 78 valence electrons. The van der Waals surface area contributed by atoms with Gasteiger partial charge in [0, 0.05) is 6.54 Å². The van der Waals surface area contributed by atoms with E-state index in [4.69, 9.17) is 15.9 Å². The van der Waals surface area contributed by atoms with Gasteiger partial charge in [-0.25, -0.2) is 0 Å². The molecule has 0 aromatic heterocycles. The number of hydrogen-bond donors (Lipinski definition) is 3. The fourth-order valence-electron chi connectivity index (χ4n) is 1.35. The number of aliphatic hydroxyl groups excluding tert-OH is 1. The van der Waals surface area contributed by atoms with Crippen molar-refractivity contribution in [1.82, 2.24) is 0 Å². The van der Waals surface area contributed by atoms with Crippen LogP contribution < -0.4 is 5.73 Å².